The van der Waals surface area contributed by atoms with Crippen LogP contribution in [0.1, 0.15) is 16.2 Å². The molecule has 0 unspecified atom stereocenters. The fraction of sp³-hybridized carbons (Fsp3) is 0.261. The lowest BCUT2D eigenvalue weighted by Gasteiger charge is -2.36. The Hall–Kier alpha value is -3.61. The number of aromatic nitrogens is 2. The Morgan fingerprint density at radius 2 is 1.63 bits per heavy atom. The zero-order valence-corrected chi connectivity index (χ0v) is 17.1. The Bertz CT molecular complexity index is 1100. The molecule has 0 atom stereocenters. The van der Waals surface area contributed by atoms with E-state index in [0.29, 0.717) is 31.9 Å². The van der Waals surface area contributed by atoms with E-state index in [2.05, 4.69) is 10.00 Å². The number of hydrogen-bond acceptors (Lipinski definition) is 5. The zero-order chi connectivity index (χ0) is 21.1. The van der Waals surface area contributed by atoms with E-state index in [1.807, 2.05) is 61.5 Å². The molecule has 7 heteroatoms. The van der Waals surface area contributed by atoms with E-state index in [9.17, 15) is 9.59 Å². The third-order valence-corrected chi connectivity index (χ3v) is 5.30. The summed E-state index contributed by atoms with van der Waals surface area (Å²) in [5.74, 6) is 0.478. The van der Waals surface area contributed by atoms with Gasteiger partial charge in [-0.2, -0.15) is 5.10 Å². The average molecular weight is 404 g/mol. The van der Waals surface area contributed by atoms with E-state index >= 15 is 0 Å². The molecule has 0 spiro atoms. The molecule has 1 aliphatic rings. The second kappa shape index (κ2) is 8.41. The van der Waals surface area contributed by atoms with Crippen LogP contribution in [0, 0.1) is 6.92 Å². The summed E-state index contributed by atoms with van der Waals surface area (Å²) in [7, 11) is 1.65. The van der Waals surface area contributed by atoms with Gasteiger partial charge in [0.2, 0.25) is 5.43 Å². The second-order valence-corrected chi connectivity index (χ2v) is 7.23. The molecule has 1 aliphatic heterocycles. The van der Waals surface area contributed by atoms with Gasteiger partial charge in [-0.25, -0.2) is 4.68 Å². The first-order chi connectivity index (χ1) is 14.6. The maximum Gasteiger partial charge on any atom is 0.278 e. The van der Waals surface area contributed by atoms with Gasteiger partial charge in [0.1, 0.15) is 5.75 Å². The summed E-state index contributed by atoms with van der Waals surface area (Å²) in [4.78, 5) is 29.5. The van der Waals surface area contributed by atoms with Gasteiger partial charge in [0.05, 0.1) is 12.8 Å². The van der Waals surface area contributed by atoms with E-state index in [1.54, 1.807) is 16.7 Å². The van der Waals surface area contributed by atoms with Crippen LogP contribution in [-0.4, -0.2) is 53.9 Å². The van der Waals surface area contributed by atoms with Crippen molar-refractivity contribution >= 4 is 11.6 Å². The van der Waals surface area contributed by atoms with E-state index in [0.717, 1.165) is 17.1 Å². The van der Waals surface area contributed by atoms with Crippen molar-refractivity contribution in [2.45, 2.75) is 6.92 Å². The molecular weight excluding hydrogens is 380 g/mol. The van der Waals surface area contributed by atoms with E-state index in [-0.39, 0.29) is 17.0 Å². The Morgan fingerprint density at radius 3 is 2.33 bits per heavy atom. The molecule has 0 aliphatic carbocycles. The maximum absolute atomic E-state index is 13.1. The van der Waals surface area contributed by atoms with Crippen molar-refractivity contribution in [2.24, 2.45) is 0 Å². The number of rotatable bonds is 4. The van der Waals surface area contributed by atoms with Crippen molar-refractivity contribution < 1.29 is 9.53 Å². The van der Waals surface area contributed by atoms with Crippen LogP contribution in [0.15, 0.2) is 65.5 Å². The average Bonchev–Trinajstić information content (AvgIpc) is 2.79. The molecule has 7 nitrogen and oxygen atoms in total. The predicted molar refractivity (Wildman–Crippen MR) is 116 cm³/mol. The first-order valence-electron chi connectivity index (χ1n) is 9.91. The summed E-state index contributed by atoms with van der Waals surface area (Å²) in [6.45, 7) is 4.21. The van der Waals surface area contributed by atoms with Crippen LogP contribution in [-0.2, 0) is 0 Å². The Labute approximate surface area is 175 Å². The lowest BCUT2D eigenvalue weighted by Crippen LogP contribution is -2.50. The SMILES string of the molecule is COc1cccc(N2CCN(C(=O)c3nn(-c4ccccc4)c(C)cc3=O)CC2)c1. The summed E-state index contributed by atoms with van der Waals surface area (Å²) >= 11 is 0. The van der Waals surface area contributed by atoms with Gasteiger partial charge in [-0.05, 0) is 31.2 Å². The van der Waals surface area contributed by atoms with Gasteiger partial charge in [0, 0.05) is 49.7 Å². The van der Waals surface area contributed by atoms with Crippen LogP contribution in [0.2, 0.25) is 0 Å². The molecule has 4 rings (SSSR count). The van der Waals surface area contributed by atoms with Crippen molar-refractivity contribution in [3.63, 3.8) is 0 Å². The number of ether oxygens (including phenoxy) is 1. The number of anilines is 1. The highest BCUT2D eigenvalue weighted by Crippen LogP contribution is 2.22. The Balaban J connectivity index is 1.52. The molecular formula is C23H24N4O3. The lowest BCUT2D eigenvalue weighted by molar-refractivity contribution is 0.0737. The van der Waals surface area contributed by atoms with Gasteiger partial charge in [0.25, 0.3) is 5.91 Å². The van der Waals surface area contributed by atoms with E-state index in [4.69, 9.17) is 4.74 Å². The van der Waals surface area contributed by atoms with Crippen molar-refractivity contribution in [1.82, 2.24) is 14.7 Å². The number of carbonyl (C=O) groups excluding carboxylic acids is 1. The number of carbonyl (C=O) groups is 1. The standard InChI is InChI=1S/C23H24N4O3/c1-17-15-21(28)22(24-27(17)18-7-4-3-5-8-18)23(29)26-13-11-25(12-14-26)19-9-6-10-20(16-19)30-2/h3-10,15-16H,11-14H2,1-2H3. The fourth-order valence-corrected chi connectivity index (χ4v) is 3.65. The van der Waals surface area contributed by atoms with E-state index in [1.165, 1.54) is 6.07 Å². The Kier molecular flexibility index (Phi) is 5.52. The molecule has 2 aromatic carbocycles. The number of para-hydroxylation sites is 1. The minimum absolute atomic E-state index is 0.0423. The van der Waals surface area contributed by atoms with Gasteiger partial charge in [-0.1, -0.05) is 24.3 Å². The van der Waals surface area contributed by atoms with Crippen LogP contribution in [0.25, 0.3) is 5.69 Å². The topological polar surface area (TPSA) is 67.7 Å². The van der Waals surface area contributed by atoms with Crippen molar-refractivity contribution in [3.05, 3.63) is 82.3 Å². The number of aryl methyl sites for hydroxylation is 1. The normalized spacial score (nSPS) is 13.9. The number of amides is 1. The number of hydrogen-bond donors (Lipinski definition) is 0. The third kappa shape index (κ3) is 3.91. The van der Waals surface area contributed by atoms with Gasteiger partial charge in [0.15, 0.2) is 5.69 Å². The summed E-state index contributed by atoms with van der Waals surface area (Å²) in [5, 5.41) is 4.40. The largest absolute Gasteiger partial charge is 0.497 e. The van der Waals surface area contributed by atoms with Gasteiger partial charge in [-0.3, -0.25) is 9.59 Å². The smallest absolute Gasteiger partial charge is 0.278 e. The predicted octanol–water partition coefficient (Wildman–Crippen LogP) is 2.51. The molecule has 0 N–H and O–H groups in total. The molecule has 0 radical (unpaired) electrons. The van der Waals surface area contributed by atoms with Crippen LogP contribution < -0.4 is 15.1 Å². The summed E-state index contributed by atoms with van der Waals surface area (Å²) in [5.41, 5.74) is 2.16. The first-order valence-corrected chi connectivity index (χ1v) is 9.91. The van der Waals surface area contributed by atoms with Crippen LogP contribution >= 0.6 is 0 Å². The summed E-state index contributed by atoms with van der Waals surface area (Å²) in [6.07, 6.45) is 0. The highest BCUT2D eigenvalue weighted by molar-refractivity contribution is 5.92. The molecule has 1 saturated heterocycles. The molecule has 0 bridgehead atoms. The molecule has 30 heavy (non-hydrogen) atoms. The lowest BCUT2D eigenvalue weighted by atomic mass is 10.2. The highest BCUT2D eigenvalue weighted by Gasteiger charge is 2.26. The van der Waals surface area contributed by atoms with Gasteiger partial charge >= 0.3 is 0 Å². The molecule has 0 saturated carbocycles. The quantitative estimate of drug-likeness (QED) is 0.668. The monoisotopic (exact) mass is 404 g/mol. The minimum Gasteiger partial charge on any atom is -0.497 e. The fourth-order valence-electron chi connectivity index (χ4n) is 3.65. The number of piperazine rings is 1. The summed E-state index contributed by atoms with van der Waals surface area (Å²) < 4.78 is 6.94. The number of nitrogens with zero attached hydrogens (tertiary/aromatic N) is 4. The molecule has 3 aromatic rings. The van der Waals surface area contributed by atoms with Gasteiger partial charge in [-0.15, -0.1) is 0 Å². The number of benzene rings is 2. The van der Waals surface area contributed by atoms with Gasteiger partial charge < -0.3 is 14.5 Å². The summed E-state index contributed by atoms with van der Waals surface area (Å²) in [6, 6.07) is 18.8. The molecule has 154 valence electrons. The zero-order valence-electron chi connectivity index (χ0n) is 17.1. The van der Waals surface area contributed by atoms with Crippen LogP contribution in [0.3, 0.4) is 0 Å². The van der Waals surface area contributed by atoms with Crippen molar-refractivity contribution in [3.8, 4) is 11.4 Å². The Morgan fingerprint density at radius 1 is 0.933 bits per heavy atom. The second-order valence-electron chi connectivity index (χ2n) is 7.23. The number of methoxy groups -OCH3 is 1. The molecule has 1 amide bonds. The highest BCUT2D eigenvalue weighted by atomic mass is 16.5. The van der Waals surface area contributed by atoms with Crippen molar-refractivity contribution in [1.29, 1.82) is 0 Å². The minimum atomic E-state index is -0.347. The van der Waals surface area contributed by atoms with Crippen LogP contribution in [0.4, 0.5) is 5.69 Å². The molecule has 2 heterocycles. The maximum atomic E-state index is 13.1. The van der Waals surface area contributed by atoms with Crippen molar-refractivity contribution in [2.75, 3.05) is 38.2 Å². The first kappa shape index (κ1) is 19.7. The van der Waals surface area contributed by atoms with E-state index < -0.39 is 0 Å². The molecule has 1 fully saturated rings. The van der Waals surface area contributed by atoms with Crippen LogP contribution in [0.5, 0.6) is 5.75 Å². The molecule has 1 aromatic heterocycles. The third-order valence-electron chi connectivity index (χ3n) is 5.30.